The number of ether oxygens (including phenoxy) is 1. The first-order valence-electron chi connectivity index (χ1n) is 7.70. The molecule has 0 spiro atoms. The van der Waals surface area contributed by atoms with Gasteiger partial charge < -0.3 is 10.1 Å². The molecule has 1 aromatic carbocycles. The summed E-state index contributed by atoms with van der Waals surface area (Å²) in [6.45, 7) is 10.6. The molecule has 3 heteroatoms. The van der Waals surface area contributed by atoms with Crippen molar-refractivity contribution in [1.29, 1.82) is 0 Å². The van der Waals surface area contributed by atoms with Gasteiger partial charge in [0.25, 0.3) is 0 Å². The van der Waals surface area contributed by atoms with Crippen molar-refractivity contribution in [2.75, 3.05) is 19.8 Å². The summed E-state index contributed by atoms with van der Waals surface area (Å²) in [5.41, 5.74) is 2.82. The fourth-order valence-electron chi connectivity index (χ4n) is 2.42. The zero-order valence-corrected chi connectivity index (χ0v) is 13.8. The van der Waals surface area contributed by atoms with Gasteiger partial charge in [-0.2, -0.15) is 0 Å². The van der Waals surface area contributed by atoms with E-state index in [4.69, 9.17) is 4.74 Å². The molecule has 2 nitrogen and oxygen atoms in total. The molecule has 1 aromatic rings. The second-order valence-electron chi connectivity index (χ2n) is 6.04. The van der Waals surface area contributed by atoms with Crippen molar-refractivity contribution in [3.63, 3.8) is 0 Å². The van der Waals surface area contributed by atoms with Crippen molar-refractivity contribution in [2.24, 2.45) is 5.92 Å². The van der Waals surface area contributed by atoms with Crippen molar-refractivity contribution in [2.45, 2.75) is 50.3 Å². The molecule has 20 heavy (non-hydrogen) atoms. The van der Waals surface area contributed by atoms with Gasteiger partial charge in [-0.3, -0.25) is 0 Å². The van der Waals surface area contributed by atoms with E-state index in [1.54, 1.807) is 0 Å². The minimum Gasteiger partial charge on any atom is -0.381 e. The van der Waals surface area contributed by atoms with Crippen molar-refractivity contribution in [3.8, 4) is 0 Å². The van der Waals surface area contributed by atoms with Crippen molar-refractivity contribution in [3.05, 3.63) is 29.3 Å². The Morgan fingerprint density at radius 3 is 2.70 bits per heavy atom. The molecule has 1 aliphatic rings. The van der Waals surface area contributed by atoms with E-state index < -0.39 is 0 Å². The molecule has 112 valence electrons. The average molecular weight is 293 g/mol. The monoisotopic (exact) mass is 293 g/mol. The van der Waals surface area contributed by atoms with Crippen molar-refractivity contribution < 1.29 is 4.74 Å². The Morgan fingerprint density at radius 2 is 2.05 bits per heavy atom. The van der Waals surface area contributed by atoms with Crippen LogP contribution in [0.1, 0.15) is 37.8 Å². The molecule has 0 atom stereocenters. The summed E-state index contributed by atoms with van der Waals surface area (Å²) in [6, 6.07) is 6.90. The molecule has 0 saturated carbocycles. The molecule has 0 radical (unpaired) electrons. The number of nitrogens with one attached hydrogen (secondary N) is 1. The van der Waals surface area contributed by atoms with E-state index in [0.717, 1.165) is 31.6 Å². The predicted molar refractivity (Wildman–Crippen MR) is 87.4 cm³/mol. The van der Waals surface area contributed by atoms with Crippen LogP contribution in [-0.4, -0.2) is 25.0 Å². The molecule has 1 fully saturated rings. The van der Waals surface area contributed by atoms with Gasteiger partial charge in [-0.05, 0) is 55.5 Å². The smallest absolute Gasteiger partial charge is 0.0476 e. The summed E-state index contributed by atoms with van der Waals surface area (Å²) in [6.07, 6.45) is 2.36. The van der Waals surface area contributed by atoms with Crippen LogP contribution in [0.5, 0.6) is 0 Å². The van der Waals surface area contributed by atoms with E-state index in [0.29, 0.717) is 5.92 Å². The van der Waals surface area contributed by atoms with E-state index >= 15 is 0 Å². The van der Waals surface area contributed by atoms with E-state index in [1.165, 1.54) is 28.9 Å². The van der Waals surface area contributed by atoms with Gasteiger partial charge in [0, 0.05) is 29.9 Å². The predicted octanol–water partition coefficient (Wildman–Crippen LogP) is 4.01. The lowest BCUT2D eigenvalue weighted by atomic mass is 10.1. The van der Waals surface area contributed by atoms with Gasteiger partial charge >= 0.3 is 0 Å². The van der Waals surface area contributed by atoms with E-state index in [1.807, 2.05) is 11.8 Å². The third-order valence-electron chi connectivity index (χ3n) is 3.65. The van der Waals surface area contributed by atoms with Gasteiger partial charge in [-0.15, -0.1) is 11.8 Å². The molecule has 1 heterocycles. The molecule has 0 amide bonds. The van der Waals surface area contributed by atoms with Crippen LogP contribution >= 0.6 is 11.8 Å². The topological polar surface area (TPSA) is 21.3 Å². The van der Waals surface area contributed by atoms with E-state index in [-0.39, 0.29) is 0 Å². The van der Waals surface area contributed by atoms with Gasteiger partial charge in [-0.25, -0.2) is 0 Å². The Bertz CT molecular complexity index is 413. The van der Waals surface area contributed by atoms with Crippen LogP contribution in [0.15, 0.2) is 23.1 Å². The van der Waals surface area contributed by atoms with E-state index in [9.17, 15) is 0 Å². The maximum atomic E-state index is 5.42. The minimum atomic E-state index is 0.707. The van der Waals surface area contributed by atoms with Crippen molar-refractivity contribution >= 4 is 11.8 Å². The van der Waals surface area contributed by atoms with Crippen LogP contribution in [0.3, 0.4) is 0 Å². The maximum Gasteiger partial charge on any atom is 0.0476 e. The Hall–Kier alpha value is -0.510. The van der Waals surface area contributed by atoms with Crippen molar-refractivity contribution in [1.82, 2.24) is 5.32 Å². The number of benzene rings is 1. The van der Waals surface area contributed by atoms with Crippen LogP contribution in [0, 0.1) is 12.8 Å². The molecule has 1 N–H and O–H groups in total. The number of thioether (sulfide) groups is 1. The largest absolute Gasteiger partial charge is 0.381 e. The third-order valence-corrected chi connectivity index (χ3v) is 4.98. The van der Waals surface area contributed by atoms with Crippen LogP contribution in [-0.2, 0) is 11.3 Å². The summed E-state index contributed by atoms with van der Waals surface area (Å²) < 4.78 is 5.42. The highest BCUT2D eigenvalue weighted by Crippen LogP contribution is 2.30. The molecule has 1 aliphatic heterocycles. The Morgan fingerprint density at radius 1 is 1.30 bits per heavy atom. The maximum absolute atomic E-state index is 5.42. The number of hydrogen-bond acceptors (Lipinski definition) is 3. The minimum absolute atomic E-state index is 0.707. The first-order valence-corrected chi connectivity index (χ1v) is 8.57. The van der Waals surface area contributed by atoms with Crippen LogP contribution in [0.2, 0.25) is 0 Å². The molecular weight excluding hydrogens is 266 g/mol. The van der Waals surface area contributed by atoms with Gasteiger partial charge in [0.15, 0.2) is 0 Å². The zero-order valence-electron chi connectivity index (χ0n) is 12.9. The first-order chi connectivity index (χ1) is 9.65. The molecule has 1 saturated heterocycles. The lowest BCUT2D eigenvalue weighted by Gasteiger charge is -2.21. The van der Waals surface area contributed by atoms with Gasteiger partial charge in [0.05, 0.1) is 0 Å². The lowest BCUT2D eigenvalue weighted by molar-refractivity contribution is 0.100. The number of rotatable bonds is 6. The number of aryl methyl sites for hydroxylation is 1. The molecule has 0 aliphatic carbocycles. The highest BCUT2D eigenvalue weighted by Gasteiger charge is 2.15. The Balaban J connectivity index is 1.87. The standard InChI is InChI=1S/C17H27NOS/c1-13(2)11-18-12-15-4-5-17(10-14(15)3)20-16-6-8-19-9-7-16/h4-5,10,13,16,18H,6-9,11-12H2,1-3H3. The highest BCUT2D eigenvalue weighted by atomic mass is 32.2. The summed E-state index contributed by atoms with van der Waals surface area (Å²) in [4.78, 5) is 1.40. The lowest BCUT2D eigenvalue weighted by Crippen LogP contribution is -2.19. The fraction of sp³-hybridized carbons (Fsp3) is 0.647. The third kappa shape index (κ3) is 5.12. The highest BCUT2D eigenvalue weighted by molar-refractivity contribution is 8.00. The van der Waals surface area contributed by atoms with Gasteiger partial charge in [0.1, 0.15) is 0 Å². The summed E-state index contributed by atoms with van der Waals surface area (Å²) in [5, 5.41) is 4.25. The SMILES string of the molecule is Cc1cc(SC2CCOCC2)ccc1CNCC(C)C. The average Bonchev–Trinajstić information content (AvgIpc) is 2.42. The van der Waals surface area contributed by atoms with Crippen LogP contribution in [0.4, 0.5) is 0 Å². The molecular formula is C17H27NOS. The Labute approximate surface area is 127 Å². The number of hydrogen-bond donors (Lipinski definition) is 1. The van der Waals surface area contributed by atoms with Gasteiger partial charge in [0.2, 0.25) is 0 Å². The molecule has 0 bridgehead atoms. The fourth-order valence-corrected chi connectivity index (χ4v) is 3.63. The van der Waals surface area contributed by atoms with Crippen LogP contribution < -0.4 is 5.32 Å². The van der Waals surface area contributed by atoms with E-state index in [2.05, 4.69) is 44.3 Å². The van der Waals surface area contributed by atoms with Crippen LogP contribution in [0.25, 0.3) is 0 Å². The molecule has 0 aromatic heterocycles. The quantitative estimate of drug-likeness (QED) is 0.856. The first kappa shape index (κ1) is 15.9. The summed E-state index contributed by atoms with van der Waals surface area (Å²) in [7, 11) is 0. The zero-order chi connectivity index (χ0) is 14.4. The summed E-state index contributed by atoms with van der Waals surface area (Å²) >= 11 is 2.02. The Kier molecular flexibility index (Phi) is 6.40. The molecule has 0 unspecified atom stereocenters. The van der Waals surface area contributed by atoms with Gasteiger partial charge in [-0.1, -0.05) is 19.9 Å². The second-order valence-corrected chi connectivity index (χ2v) is 7.42. The normalized spacial score (nSPS) is 16.8. The molecule has 2 rings (SSSR count). The summed E-state index contributed by atoms with van der Waals surface area (Å²) in [5.74, 6) is 0.707. The second kappa shape index (κ2) is 8.06.